The van der Waals surface area contributed by atoms with Crippen molar-refractivity contribution < 1.29 is 27.1 Å². The number of halogens is 4. The molecule has 2 aromatic carbocycles. The van der Waals surface area contributed by atoms with Crippen molar-refractivity contribution in [3.05, 3.63) is 70.4 Å². The van der Waals surface area contributed by atoms with Crippen LogP contribution in [0.25, 0.3) is 11.3 Å². The van der Waals surface area contributed by atoms with Gasteiger partial charge in [0.2, 0.25) is 0 Å². The Hall–Kier alpha value is -3.53. The lowest BCUT2D eigenvalue weighted by atomic mass is 9.97. The standard InChI is InChI=1S/C26H24F4N4O2/c1-14(2)34-21-10-18(9-20(27)25(21)36-13-23(34)35)24-19(26(28,29)30)12-32-22(33-24)8-15-3-4-17-11-31-6-5-16(17)7-15/h3-4,7,9-10,12,14,31H,5-6,8,11,13H2,1-2H3. The summed E-state index contributed by atoms with van der Waals surface area (Å²) < 4.78 is 62.0. The van der Waals surface area contributed by atoms with Gasteiger partial charge >= 0.3 is 6.18 Å². The van der Waals surface area contributed by atoms with E-state index >= 15 is 4.39 Å². The fourth-order valence-electron chi connectivity index (χ4n) is 4.70. The lowest BCUT2D eigenvalue weighted by molar-refractivity contribution is -0.137. The number of carbonyl (C=O) groups is 1. The Bertz CT molecular complexity index is 1340. The van der Waals surface area contributed by atoms with Gasteiger partial charge in [-0.1, -0.05) is 18.2 Å². The Morgan fingerprint density at radius 2 is 1.97 bits per heavy atom. The molecule has 1 N–H and O–H groups in total. The van der Waals surface area contributed by atoms with E-state index in [-0.39, 0.29) is 41.9 Å². The molecule has 0 spiro atoms. The number of amides is 1. The highest BCUT2D eigenvalue weighted by Gasteiger charge is 2.37. The van der Waals surface area contributed by atoms with E-state index in [4.69, 9.17) is 4.74 Å². The van der Waals surface area contributed by atoms with Crippen molar-refractivity contribution in [1.82, 2.24) is 15.3 Å². The predicted octanol–water partition coefficient (Wildman–Crippen LogP) is 4.67. The highest BCUT2D eigenvalue weighted by atomic mass is 19.4. The van der Waals surface area contributed by atoms with Crippen LogP contribution >= 0.6 is 0 Å². The van der Waals surface area contributed by atoms with Gasteiger partial charge in [-0.15, -0.1) is 0 Å². The summed E-state index contributed by atoms with van der Waals surface area (Å²) in [6.45, 7) is 4.76. The number of carbonyl (C=O) groups excluding carboxylic acids is 1. The zero-order valence-corrected chi connectivity index (χ0v) is 19.7. The number of aromatic nitrogens is 2. The second-order valence-electron chi connectivity index (χ2n) is 9.21. The molecule has 3 aromatic rings. The summed E-state index contributed by atoms with van der Waals surface area (Å²) in [6.07, 6.45) is -2.94. The Balaban J connectivity index is 1.59. The number of benzene rings is 2. The number of hydrogen-bond acceptors (Lipinski definition) is 5. The molecule has 0 aliphatic carbocycles. The fourth-order valence-corrected chi connectivity index (χ4v) is 4.70. The summed E-state index contributed by atoms with van der Waals surface area (Å²) in [6, 6.07) is 7.87. The molecule has 1 aromatic heterocycles. The SMILES string of the molecule is CC(C)N1C(=O)COc2c(F)cc(-c3nc(Cc4ccc5c(c4)CCNC5)ncc3C(F)(F)F)cc21. The van der Waals surface area contributed by atoms with Gasteiger partial charge in [-0.05, 0) is 55.6 Å². The van der Waals surface area contributed by atoms with Crippen molar-refractivity contribution in [2.75, 3.05) is 18.1 Å². The van der Waals surface area contributed by atoms with E-state index in [0.29, 0.717) is 0 Å². The monoisotopic (exact) mass is 500 g/mol. The lowest BCUT2D eigenvalue weighted by Gasteiger charge is -2.33. The number of nitrogens with zero attached hydrogens (tertiary/aromatic N) is 3. The number of fused-ring (bicyclic) bond motifs is 2. The molecule has 0 bridgehead atoms. The van der Waals surface area contributed by atoms with Crippen molar-refractivity contribution in [2.24, 2.45) is 0 Å². The molecule has 2 aliphatic heterocycles. The van der Waals surface area contributed by atoms with Gasteiger partial charge in [0, 0.05) is 30.8 Å². The van der Waals surface area contributed by atoms with Crippen molar-refractivity contribution in [3.63, 3.8) is 0 Å². The third-order valence-corrected chi connectivity index (χ3v) is 6.35. The summed E-state index contributed by atoms with van der Waals surface area (Å²) in [5.41, 5.74) is 1.70. The summed E-state index contributed by atoms with van der Waals surface area (Å²) in [4.78, 5) is 22.0. The molecule has 0 radical (unpaired) electrons. The van der Waals surface area contributed by atoms with Gasteiger partial charge in [0.05, 0.1) is 11.4 Å². The molecule has 0 saturated carbocycles. The van der Waals surface area contributed by atoms with Gasteiger partial charge < -0.3 is 15.0 Å². The largest absolute Gasteiger partial charge is 0.478 e. The molecule has 10 heteroatoms. The Morgan fingerprint density at radius 1 is 1.17 bits per heavy atom. The van der Waals surface area contributed by atoms with E-state index in [9.17, 15) is 18.0 Å². The van der Waals surface area contributed by atoms with E-state index in [1.807, 2.05) is 18.2 Å². The van der Waals surface area contributed by atoms with Crippen LogP contribution in [0.3, 0.4) is 0 Å². The minimum absolute atomic E-state index is 0.0767. The maximum absolute atomic E-state index is 15.0. The summed E-state index contributed by atoms with van der Waals surface area (Å²) in [7, 11) is 0. The average Bonchev–Trinajstić information content (AvgIpc) is 2.82. The molecule has 1 amide bonds. The molecule has 0 fully saturated rings. The molecule has 2 aliphatic rings. The number of anilines is 1. The Morgan fingerprint density at radius 3 is 2.72 bits per heavy atom. The van der Waals surface area contributed by atoms with Gasteiger partial charge in [-0.2, -0.15) is 13.2 Å². The minimum Gasteiger partial charge on any atom is -0.478 e. The highest BCUT2D eigenvalue weighted by Crippen LogP contribution is 2.42. The predicted molar refractivity (Wildman–Crippen MR) is 125 cm³/mol. The highest BCUT2D eigenvalue weighted by molar-refractivity contribution is 5.99. The molecule has 36 heavy (non-hydrogen) atoms. The van der Waals surface area contributed by atoms with E-state index in [1.165, 1.54) is 22.1 Å². The summed E-state index contributed by atoms with van der Waals surface area (Å²) in [5.74, 6) is -1.26. The maximum Gasteiger partial charge on any atom is 0.419 e. The number of nitrogens with one attached hydrogen (secondary N) is 1. The van der Waals surface area contributed by atoms with Gasteiger partial charge in [-0.25, -0.2) is 14.4 Å². The van der Waals surface area contributed by atoms with Crippen molar-refractivity contribution in [2.45, 2.75) is 45.5 Å². The van der Waals surface area contributed by atoms with Gasteiger partial charge in [0.15, 0.2) is 18.2 Å². The normalized spacial score (nSPS) is 15.5. The smallest absolute Gasteiger partial charge is 0.419 e. The van der Waals surface area contributed by atoms with Crippen molar-refractivity contribution in [1.29, 1.82) is 0 Å². The van der Waals surface area contributed by atoms with Crippen LogP contribution in [0.5, 0.6) is 5.75 Å². The van der Waals surface area contributed by atoms with Crippen LogP contribution in [0.4, 0.5) is 23.2 Å². The van der Waals surface area contributed by atoms with Crippen LogP contribution < -0.4 is 15.0 Å². The van der Waals surface area contributed by atoms with Gasteiger partial charge in [0.1, 0.15) is 11.4 Å². The van der Waals surface area contributed by atoms with Crippen molar-refractivity contribution >= 4 is 11.6 Å². The number of ether oxygens (including phenoxy) is 1. The van der Waals surface area contributed by atoms with E-state index < -0.39 is 29.2 Å². The average molecular weight is 500 g/mol. The first-order chi connectivity index (χ1) is 17.1. The Kier molecular flexibility index (Phi) is 6.15. The Labute approximate surface area is 205 Å². The summed E-state index contributed by atoms with van der Waals surface area (Å²) in [5, 5.41) is 3.30. The van der Waals surface area contributed by atoms with Crippen LogP contribution in [0.1, 0.15) is 41.9 Å². The first-order valence-corrected chi connectivity index (χ1v) is 11.6. The first kappa shape index (κ1) is 24.2. The molecule has 6 nitrogen and oxygen atoms in total. The van der Waals surface area contributed by atoms with Crippen LogP contribution in [-0.2, 0) is 30.4 Å². The third-order valence-electron chi connectivity index (χ3n) is 6.35. The van der Waals surface area contributed by atoms with E-state index in [2.05, 4.69) is 15.3 Å². The van der Waals surface area contributed by atoms with Crippen molar-refractivity contribution in [3.8, 4) is 17.0 Å². The van der Waals surface area contributed by atoms with Gasteiger partial charge in [0.25, 0.3) is 5.91 Å². The maximum atomic E-state index is 15.0. The first-order valence-electron chi connectivity index (χ1n) is 11.6. The van der Waals surface area contributed by atoms with Crippen LogP contribution in [-0.4, -0.2) is 35.1 Å². The van der Waals surface area contributed by atoms with Crippen LogP contribution in [0.15, 0.2) is 36.5 Å². The molecule has 0 unspecified atom stereocenters. The zero-order valence-electron chi connectivity index (χ0n) is 19.7. The molecule has 188 valence electrons. The molecule has 0 atom stereocenters. The molecular weight excluding hydrogens is 476 g/mol. The zero-order chi connectivity index (χ0) is 25.6. The minimum atomic E-state index is -4.76. The quantitative estimate of drug-likeness (QED) is 0.528. The van der Waals surface area contributed by atoms with E-state index in [1.54, 1.807) is 13.8 Å². The molecule has 0 saturated heterocycles. The van der Waals surface area contributed by atoms with Crippen LogP contribution in [0.2, 0.25) is 0 Å². The van der Waals surface area contributed by atoms with Crippen LogP contribution in [0, 0.1) is 5.82 Å². The second-order valence-corrected chi connectivity index (χ2v) is 9.21. The number of rotatable bonds is 4. The molecule has 5 rings (SSSR count). The molecular formula is C26H24F4N4O2. The van der Waals surface area contributed by atoms with Gasteiger partial charge in [-0.3, -0.25) is 4.79 Å². The van der Waals surface area contributed by atoms with E-state index in [0.717, 1.165) is 37.3 Å². The second kappa shape index (κ2) is 9.16. The lowest BCUT2D eigenvalue weighted by Crippen LogP contribution is -2.43. The fraction of sp³-hybridized carbons (Fsp3) is 0.346. The number of alkyl halides is 3. The topological polar surface area (TPSA) is 67.4 Å². The number of hydrogen-bond donors (Lipinski definition) is 1. The third kappa shape index (κ3) is 4.53. The molecule has 3 heterocycles. The summed E-state index contributed by atoms with van der Waals surface area (Å²) >= 11 is 0.